The van der Waals surface area contributed by atoms with Gasteiger partial charge >= 0.3 is 5.97 Å². The van der Waals surface area contributed by atoms with Crippen LogP contribution in [0.2, 0.25) is 28.2 Å². The van der Waals surface area contributed by atoms with E-state index in [1.54, 1.807) is 24.3 Å². The van der Waals surface area contributed by atoms with Crippen molar-refractivity contribution in [3.63, 3.8) is 0 Å². The predicted molar refractivity (Wildman–Crippen MR) is 173 cm³/mol. The number of ether oxygens (including phenoxy) is 2. The van der Waals surface area contributed by atoms with Crippen molar-refractivity contribution in [1.29, 1.82) is 0 Å². The van der Waals surface area contributed by atoms with Crippen LogP contribution in [0.5, 0.6) is 0 Å². The average Bonchev–Trinajstić information content (AvgIpc) is 3.33. The molecule has 0 spiro atoms. The maximum atomic E-state index is 16.1. The minimum absolute atomic E-state index is 0.0747. The molecule has 0 saturated carbocycles. The number of rotatable bonds is 9. The smallest absolute Gasteiger partial charge is 0.325 e. The van der Waals surface area contributed by atoms with E-state index in [2.05, 4.69) is 39.1 Å². The molecule has 2 aliphatic heterocycles. The van der Waals surface area contributed by atoms with Gasteiger partial charge in [0.25, 0.3) is 0 Å². The summed E-state index contributed by atoms with van der Waals surface area (Å²) >= 11 is 12.5. The molecule has 2 aromatic carbocycles. The lowest BCUT2D eigenvalue weighted by Gasteiger charge is -2.47. The Morgan fingerprint density at radius 1 is 1.16 bits per heavy atom. The summed E-state index contributed by atoms with van der Waals surface area (Å²) in [4.78, 5) is 15.7. The molecule has 1 radical (unpaired) electrons. The van der Waals surface area contributed by atoms with E-state index in [1.165, 1.54) is 12.1 Å². The van der Waals surface area contributed by atoms with Crippen LogP contribution in [0.4, 0.5) is 8.78 Å². The Balaban J connectivity index is 1.68. The van der Waals surface area contributed by atoms with Crippen molar-refractivity contribution in [3.8, 4) is 0 Å². The summed E-state index contributed by atoms with van der Waals surface area (Å²) in [6, 6.07) is 7.44. The van der Waals surface area contributed by atoms with E-state index in [0.717, 1.165) is 19.3 Å². The Bertz CT molecular complexity index is 1450. The normalized spacial score (nSPS) is 30.2. The highest BCUT2D eigenvalue weighted by molar-refractivity contribution is 6.59. The summed E-state index contributed by atoms with van der Waals surface area (Å²) in [5.41, 5.74) is 4.88. The standard InChI is InChI=1S/C34H43Cl2F2N2O3Si/c1-31(2,44(5)6)19-42-20-33(15-8-7-9-16-33)18-26-34(39,23-14-13-21(35)17-25(23)37)27(22-11-10-12-24(36)28(22)38)29-30(41)43-32(3,4)40(26)29/h7-8,10-14,17,26-27,29H,9,15-16,18-20,39H2,1-6H3/t26-,27-,29+,33?,34+/m0/s1. The molecule has 10 heteroatoms. The highest BCUT2D eigenvalue weighted by Gasteiger charge is 2.69. The van der Waals surface area contributed by atoms with Gasteiger partial charge in [0.2, 0.25) is 0 Å². The summed E-state index contributed by atoms with van der Waals surface area (Å²) < 4.78 is 44.5. The van der Waals surface area contributed by atoms with Crippen LogP contribution in [0.3, 0.4) is 0 Å². The highest BCUT2D eigenvalue weighted by Crippen LogP contribution is 2.59. The van der Waals surface area contributed by atoms with E-state index >= 15 is 8.78 Å². The van der Waals surface area contributed by atoms with Crippen molar-refractivity contribution in [2.75, 3.05) is 13.2 Å². The van der Waals surface area contributed by atoms with Crippen molar-refractivity contribution >= 4 is 38.0 Å². The first-order valence-electron chi connectivity index (χ1n) is 15.3. The molecule has 5 nitrogen and oxygen atoms in total. The second-order valence-corrected chi connectivity index (χ2v) is 18.4. The van der Waals surface area contributed by atoms with Crippen LogP contribution < -0.4 is 5.73 Å². The number of nitrogens with zero attached hydrogens (tertiary/aromatic N) is 1. The van der Waals surface area contributed by atoms with Crippen LogP contribution in [0.1, 0.15) is 70.4 Å². The molecule has 239 valence electrons. The minimum atomic E-state index is -1.56. The molecule has 1 aliphatic carbocycles. The summed E-state index contributed by atoms with van der Waals surface area (Å²) in [6.45, 7) is 13.8. The van der Waals surface area contributed by atoms with Gasteiger partial charge in [-0.15, -0.1) is 0 Å². The summed E-state index contributed by atoms with van der Waals surface area (Å²) in [7, 11) is -0.615. The molecular weight excluding hydrogens is 621 g/mol. The molecule has 3 aliphatic rings. The lowest BCUT2D eigenvalue weighted by Crippen LogP contribution is -2.58. The molecular formula is C34H43Cl2F2N2O3Si. The molecule has 2 saturated heterocycles. The SMILES string of the molecule is C[Si](C)C(C)(C)COCC1(C[C@@H]2N3[C@@H](C(=O)OC3(C)C)[C@H](c3cccc(Cl)c3F)[C@@]2(N)c2ccc(Cl)cc2F)CC=CCC1. The number of nitrogens with two attached hydrogens (primary N) is 1. The van der Waals surface area contributed by atoms with Crippen molar-refractivity contribution in [2.24, 2.45) is 11.1 Å². The van der Waals surface area contributed by atoms with E-state index < -0.39 is 55.7 Å². The van der Waals surface area contributed by atoms with Crippen LogP contribution in [-0.2, 0) is 19.8 Å². The Morgan fingerprint density at radius 2 is 1.89 bits per heavy atom. The third kappa shape index (κ3) is 5.80. The number of fused-ring (bicyclic) bond motifs is 1. The Morgan fingerprint density at radius 3 is 2.52 bits per heavy atom. The van der Waals surface area contributed by atoms with Gasteiger partial charge in [0.1, 0.15) is 17.7 Å². The fourth-order valence-corrected chi connectivity index (χ4v) is 8.14. The first-order valence-corrected chi connectivity index (χ1v) is 18.5. The number of hydrogen-bond donors (Lipinski definition) is 1. The van der Waals surface area contributed by atoms with Gasteiger partial charge in [-0.25, -0.2) is 13.7 Å². The largest absolute Gasteiger partial charge is 0.443 e. The fraction of sp³-hybridized carbons (Fsp3) is 0.559. The number of benzene rings is 2. The van der Waals surface area contributed by atoms with Gasteiger partial charge in [-0.1, -0.05) is 80.5 Å². The topological polar surface area (TPSA) is 64.8 Å². The average molecular weight is 665 g/mol. The molecule has 5 rings (SSSR count). The second kappa shape index (κ2) is 12.1. The summed E-state index contributed by atoms with van der Waals surface area (Å²) in [5, 5.41) is 0.193. The van der Waals surface area contributed by atoms with E-state index in [9.17, 15) is 4.79 Å². The molecule has 0 amide bonds. The van der Waals surface area contributed by atoms with Gasteiger partial charge < -0.3 is 15.2 Å². The number of esters is 1. The molecule has 5 atom stereocenters. The third-order valence-corrected chi connectivity index (χ3v) is 13.7. The monoisotopic (exact) mass is 663 g/mol. The number of cyclic esters (lactones) is 1. The molecule has 2 fully saturated rings. The van der Waals surface area contributed by atoms with Gasteiger partial charge in [-0.05, 0) is 73.7 Å². The first kappa shape index (κ1) is 33.5. The zero-order valence-electron chi connectivity index (χ0n) is 26.4. The van der Waals surface area contributed by atoms with E-state index in [0.29, 0.717) is 19.6 Å². The second-order valence-electron chi connectivity index (χ2n) is 14.2. The van der Waals surface area contributed by atoms with Gasteiger partial charge in [0.05, 0.1) is 26.0 Å². The zero-order chi connectivity index (χ0) is 32.2. The molecule has 0 bridgehead atoms. The van der Waals surface area contributed by atoms with E-state index in [4.69, 9.17) is 38.4 Å². The minimum Gasteiger partial charge on any atom is -0.443 e. The fourth-order valence-electron chi connectivity index (χ4n) is 7.41. The van der Waals surface area contributed by atoms with Crippen molar-refractivity contribution in [3.05, 3.63) is 81.4 Å². The van der Waals surface area contributed by atoms with Crippen LogP contribution >= 0.6 is 23.2 Å². The van der Waals surface area contributed by atoms with Crippen LogP contribution in [-0.4, -0.2) is 50.7 Å². The van der Waals surface area contributed by atoms with Crippen LogP contribution in [0.15, 0.2) is 48.6 Å². The number of carbonyl (C=O) groups is 1. The number of hydrogen-bond acceptors (Lipinski definition) is 5. The molecule has 2 N–H and O–H groups in total. The third-order valence-electron chi connectivity index (χ3n) is 10.4. The van der Waals surface area contributed by atoms with Gasteiger partial charge in [0, 0.05) is 29.2 Å². The number of carbonyl (C=O) groups excluding carboxylic acids is 1. The molecule has 1 unspecified atom stereocenters. The van der Waals surface area contributed by atoms with Crippen molar-refractivity contribution in [2.45, 2.75) is 101 Å². The quantitative estimate of drug-likeness (QED) is 0.166. The summed E-state index contributed by atoms with van der Waals surface area (Å²) in [5.74, 6) is -2.82. The van der Waals surface area contributed by atoms with Crippen LogP contribution in [0, 0.1) is 17.0 Å². The molecule has 2 aromatic rings. The van der Waals surface area contributed by atoms with Crippen molar-refractivity contribution < 1.29 is 23.0 Å². The zero-order valence-corrected chi connectivity index (χ0v) is 28.9. The van der Waals surface area contributed by atoms with Gasteiger partial charge in [-0.3, -0.25) is 4.79 Å². The Kier molecular flexibility index (Phi) is 9.21. The Hall–Kier alpha value is -1.81. The molecule has 2 heterocycles. The van der Waals surface area contributed by atoms with Crippen molar-refractivity contribution in [1.82, 2.24) is 4.90 Å². The highest BCUT2D eigenvalue weighted by atomic mass is 35.5. The molecule has 44 heavy (non-hydrogen) atoms. The summed E-state index contributed by atoms with van der Waals surface area (Å²) in [6.07, 6.45) is 7.25. The van der Waals surface area contributed by atoms with Gasteiger partial charge in [0.15, 0.2) is 5.72 Å². The predicted octanol–water partition coefficient (Wildman–Crippen LogP) is 8.22. The maximum Gasteiger partial charge on any atom is 0.325 e. The Labute approximate surface area is 271 Å². The number of allylic oxidation sites excluding steroid dienone is 2. The first-order chi connectivity index (χ1) is 20.5. The number of halogens is 4. The van der Waals surface area contributed by atoms with E-state index in [1.807, 2.05) is 18.7 Å². The molecule has 0 aromatic heterocycles. The maximum absolute atomic E-state index is 16.1. The van der Waals surface area contributed by atoms with E-state index in [-0.39, 0.29) is 31.6 Å². The lowest BCUT2D eigenvalue weighted by atomic mass is 9.65. The lowest BCUT2D eigenvalue weighted by molar-refractivity contribution is -0.153. The van der Waals surface area contributed by atoms with Gasteiger partial charge in [-0.2, -0.15) is 0 Å². The van der Waals surface area contributed by atoms with Crippen LogP contribution in [0.25, 0.3) is 0 Å².